The number of ether oxygens (including phenoxy) is 1. The minimum Gasteiger partial charge on any atom is -0.478 e. The Morgan fingerprint density at radius 1 is 1.04 bits per heavy atom. The maximum atomic E-state index is 12.2. The average Bonchev–Trinajstić information content (AvgIpc) is 2.52. The van der Waals surface area contributed by atoms with Crippen LogP contribution in [0, 0.1) is 6.92 Å². The van der Waals surface area contributed by atoms with Gasteiger partial charge in [0.15, 0.2) is 0 Å². The summed E-state index contributed by atoms with van der Waals surface area (Å²) in [7, 11) is 0. The van der Waals surface area contributed by atoms with Crippen LogP contribution in [0.2, 0.25) is 0 Å². The molecule has 1 amide bonds. The lowest BCUT2D eigenvalue weighted by atomic mass is 9.82. The fourth-order valence-electron chi connectivity index (χ4n) is 3.27. The zero-order valence-electron chi connectivity index (χ0n) is 15.5. The highest BCUT2D eigenvalue weighted by atomic mass is 16.6. The first-order chi connectivity index (χ1) is 12.0. The quantitative estimate of drug-likeness (QED) is 0.852. The van der Waals surface area contributed by atoms with Crippen molar-refractivity contribution in [2.45, 2.75) is 52.1 Å². The number of likely N-dealkylation sites (tertiary alicyclic amines) is 1. The minimum atomic E-state index is -1.14. The summed E-state index contributed by atoms with van der Waals surface area (Å²) in [6.45, 7) is 7.84. The zero-order valence-corrected chi connectivity index (χ0v) is 15.5. The molecule has 0 atom stereocenters. The van der Waals surface area contributed by atoms with Gasteiger partial charge in [-0.2, -0.15) is 0 Å². The Morgan fingerprint density at radius 2 is 1.50 bits per heavy atom. The number of carbonyl (C=O) groups excluding carboxylic acids is 1. The molecule has 1 aliphatic heterocycles. The van der Waals surface area contributed by atoms with Gasteiger partial charge in [-0.15, -0.1) is 0 Å². The van der Waals surface area contributed by atoms with Gasteiger partial charge in [0.1, 0.15) is 5.60 Å². The van der Waals surface area contributed by atoms with Crippen LogP contribution < -0.4 is 0 Å². The zero-order chi connectivity index (χ0) is 19.6. The standard InChI is InChI=1S/C19H25NO6/c1-11-9-13(16(21)22)15(14(10-11)17(23)24)12-5-7-20(8-6-12)18(25)26-19(2,3)4/h9-10,12H,5-8H2,1-4H3,(H,21,22)(H,23,24). The van der Waals surface area contributed by atoms with Gasteiger partial charge in [-0.3, -0.25) is 0 Å². The number of carboxylic acid groups (broad SMARTS) is 2. The fourth-order valence-corrected chi connectivity index (χ4v) is 3.27. The number of amides is 1. The number of benzene rings is 1. The van der Waals surface area contributed by atoms with Gasteiger partial charge < -0.3 is 19.8 Å². The summed E-state index contributed by atoms with van der Waals surface area (Å²) in [4.78, 5) is 37.0. The Morgan fingerprint density at radius 3 is 1.88 bits per heavy atom. The number of aryl methyl sites for hydroxylation is 1. The number of aromatic carboxylic acids is 2. The number of carboxylic acids is 2. The highest BCUT2D eigenvalue weighted by Gasteiger charge is 2.32. The molecule has 7 heteroatoms. The summed E-state index contributed by atoms with van der Waals surface area (Å²) >= 11 is 0. The molecular formula is C19H25NO6. The fraction of sp³-hybridized carbons (Fsp3) is 0.526. The van der Waals surface area contributed by atoms with Crippen LogP contribution >= 0.6 is 0 Å². The Hall–Kier alpha value is -2.57. The summed E-state index contributed by atoms with van der Waals surface area (Å²) in [6.07, 6.45) is 0.572. The van der Waals surface area contributed by atoms with E-state index in [1.165, 1.54) is 12.1 Å². The first kappa shape index (κ1) is 19.8. The minimum absolute atomic E-state index is 0.0260. The predicted molar refractivity (Wildman–Crippen MR) is 94.9 cm³/mol. The number of hydrogen-bond donors (Lipinski definition) is 2. The third-order valence-electron chi connectivity index (χ3n) is 4.34. The largest absolute Gasteiger partial charge is 0.478 e. The van der Waals surface area contributed by atoms with Gasteiger partial charge in [-0.1, -0.05) is 0 Å². The van der Waals surface area contributed by atoms with Crippen LogP contribution in [0.4, 0.5) is 4.79 Å². The smallest absolute Gasteiger partial charge is 0.410 e. The maximum absolute atomic E-state index is 12.2. The molecule has 2 N–H and O–H groups in total. The predicted octanol–water partition coefficient (Wildman–Crippen LogP) is 3.51. The molecule has 1 aliphatic rings. The van der Waals surface area contributed by atoms with Crippen molar-refractivity contribution >= 4 is 18.0 Å². The average molecular weight is 363 g/mol. The van der Waals surface area contributed by atoms with E-state index in [4.69, 9.17) is 4.74 Å². The van der Waals surface area contributed by atoms with E-state index in [1.54, 1.807) is 32.6 Å². The summed E-state index contributed by atoms with van der Waals surface area (Å²) in [6, 6.07) is 3.01. The molecule has 1 heterocycles. The Labute approximate surface area is 152 Å². The van der Waals surface area contributed by atoms with Gasteiger partial charge in [-0.05, 0) is 69.7 Å². The van der Waals surface area contributed by atoms with Crippen LogP contribution in [-0.2, 0) is 4.74 Å². The van der Waals surface area contributed by atoms with E-state index in [1.807, 2.05) is 0 Å². The van der Waals surface area contributed by atoms with Gasteiger partial charge in [0, 0.05) is 13.1 Å². The molecule has 26 heavy (non-hydrogen) atoms. The lowest BCUT2D eigenvalue weighted by Gasteiger charge is -2.34. The number of hydrogen-bond acceptors (Lipinski definition) is 4. The second-order valence-electron chi connectivity index (χ2n) is 7.63. The van der Waals surface area contributed by atoms with E-state index in [0.717, 1.165) is 0 Å². The molecule has 0 bridgehead atoms. The molecule has 1 aromatic rings. The highest BCUT2D eigenvalue weighted by molar-refractivity contribution is 5.97. The van der Waals surface area contributed by atoms with Crippen molar-refractivity contribution in [2.24, 2.45) is 0 Å². The number of piperidine rings is 1. The second kappa shape index (κ2) is 7.35. The lowest BCUT2D eigenvalue weighted by Crippen LogP contribution is -2.41. The molecular weight excluding hydrogens is 338 g/mol. The van der Waals surface area contributed by atoms with Crippen molar-refractivity contribution in [1.29, 1.82) is 0 Å². The van der Waals surface area contributed by atoms with Crippen LogP contribution in [0.1, 0.15) is 71.4 Å². The van der Waals surface area contributed by atoms with Crippen molar-refractivity contribution in [3.05, 3.63) is 34.4 Å². The van der Waals surface area contributed by atoms with Gasteiger partial charge in [0.25, 0.3) is 0 Å². The molecule has 1 saturated heterocycles. The maximum Gasteiger partial charge on any atom is 0.410 e. The van der Waals surface area contributed by atoms with Crippen LogP contribution in [0.5, 0.6) is 0 Å². The van der Waals surface area contributed by atoms with Gasteiger partial charge in [0.05, 0.1) is 11.1 Å². The van der Waals surface area contributed by atoms with E-state index in [-0.39, 0.29) is 17.0 Å². The first-order valence-corrected chi connectivity index (χ1v) is 8.58. The van der Waals surface area contributed by atoms with E-state index < -0.39 is 23.6 Å². The molecule has 0 saturated carbocycles. The Balaban J connectivity index is 2.25. The highest BCUT2D eigenvalue weighted by Crippen LogP contribution is 2.34. The van der Waals surface area contributed by atoms with Crippen LogP contribution in [0.25, 0.3) is 0 Å². The monoisotopic (exact) mass is 363 g/mol. The molecule has 0 radical (unpaired) electrons. The van der Waals surface area contributed by atoms with Crippen molar-refractivity contribution in [2.75, 3.05) is 13.1 Å². The molecule has 0 aliphatic carbocycles. The Bertz CT molecular complexity index is 691. The van der Waals surface area contributed by atoms with Crippen LogP contribution in [0.15, 0.2) is 12.1 Å². The lowest BCUT2D eigenvalue weighted by molar-refractivity contribution is 0.0202. The van der Waals surface area contributed by atoms with Gasteiger partial charge in [0.2, 0.25) is 0 Å². The second-order valence-corrected chi connectivity index (χ2v) is 7.63. The molecule has 0 unspecified atom stereocenters. The van der Waals surface area contributed by atoms with Gasteiger partial charge >= 0.3 is 18.0 Å². The van der Waals surface area contributed by atoms with E-state index >= 15 is 0 Å². The molecule has 2 rings (SSSR count). The van der Waals surface area contributed by atoms with E-state index in [9.17, 15) is 24.6 Å². The van der Waals surface area contributed by atoms with E-state index in [0.29, 0.717) is 37.1 Å². The third-order valence-corrected chi connectivity index (χ3v) is 4.34. The number of carbonyl (C=O) groups is 3. The first-order valence-electron chi connectivity index (χ1n) is 8.58. The van der Waals surface area contributed by atoms with Crippen molar-refractivity contribution < 1.29 is 29.3 Å². The molecule has 0 aromatic heterocycles. The number of rotatable bonds is 3. The molecule has 142 valence electrons. The SMILES string of the molecule is Cc1cc(C(=O)O)c(C2CCN(C(=O)OC(C)(C)C)CC2)c(C(=O)O)c1. The molecule has 1 fully saturated rings. The van der Waals surface area contributed by atoms with Crippen molar-refractivity contribution in [1.82, 2.24) is 4.90 Å². The summed E-state index contributed by atoms with van der Waals surface area (Å²) in [5.74, 6) is -2.51. The van der Waals surface area contributed by atoms with E-state index in [2.05, 4.69) is 0 Å². The van der Waals surface area contributed by atoms with Crippen LogP contribution in [0.3, 0.4) is 0 Å². The molecule has 7 nitrogen and oxygen atoms in total. The number of nitrogens with zero attached hydrogens (tertiary/aromatic N) is 1. The summed E-state index contributed by atoms with van der Waals surface area (Å²) in [5.41, 5.74) is 0.406. The van der Waals surface area contributed by atoms with Crippen LogP contribution in [-0.4, -0.2) is 51.8 Å². The van der Waals surface area contributed by atoms with Gasteiger partial charge in [-0.25, -0.2) is 14.4 Å². The topological polar surface area (TPSA) is 104 Å². The molecule has 0 spiro atoms. The molecule has 1 aromatic carbocycles. The summed E-state index contributed by atoms with van der Waals surface area (Å²) < 4.78 is 5.36. The van der Waals surface area contributed by atoms with Crippen molar-refractivity contribution in [3.8, 4) is 0 Å². The Kier molecular flexibility index (Phi) is 5.59. The summed E-state index contributed by atoms with van der Waals surface area (Å²) in [5, 5.41) is 19.0. The third kappa shape index (κ3) is 4.53. The normalized spacial score (nSPS) is 15.6. The van der Waals surface area contributed by atoms with Crippen molar-refractivity contribution in [3.63, 3.8) is 0 Å².